The minimum atomic E-state index is -0.0709. The highest BCUT2D eigenvalue weighted by Gasteiger charge is 2.41. The van der Waals surface area contributed by atoms with Gasteiger partial charge < -0.3 is 15.4 Å². The van der Waals surface area contributed by atoms with Gasteiger partial charge in [0.15, 0.2) is 0 Å². The summed E-state index contributed by atoms with van der Waals surface area (Å²) in [7, 11) is 0. The zero-order valence-corrected chi connectivity index (χ0v) is 12.5. The summed E-state index contributed by atoms with van der Waals surface area (Å²) in [5, 5.41) is 6.21. The van der Waals surface area contributed by atoms with Gasteiger partial charge in [0, 0.05) is 0 Å². The van der Waals surface area contributed by atoms with Crippen molar-refractivity contribution in [1.82, 2.24) is 10.6 Å². The van der Waals surface area contributed by atoms with Crippen molar-refractivity contribution < 1.29 is 9.53 Å². The largest absolute Gasteiger partial charge is 0.373 e. The Labute approximate surface area is 126 Å². The van der Waals surface area contributed by atoms with Gasteiger partial charge in [-0.15, -0.1) is 0 Å². The molecule has 0 saturated carbocycles. The van der Waals surface area contributed by atoms with E-state index >= 15 is 0 Å². The molecule has 4 nitrogen and oxygen atoms in total. The molecule has 3 rings (SSSR count). The summed E-state index contributed by atoms with van der Waals surface area (Å²) in [4.78, 5) is 12.3. The number of ether oxygens (including phenoxy) is 1. The molecule has 2 amide bonds. The number of amides is 2. The van der Waals surface area contributed by atoms with Crippen molar-refractivity contribution in [1.29, 1.82) is 0 Å². The van der Waals surface area contributed by atoms with Crippen LogP contribution in [0.2, 0.25) is 0 Å². The van der Waals surface area contributed by atoms with Crippen LogP contribution in [0.15, 0.2) is 30.3 Å². The first kappa shape index (κ1) is 14.4. The standard InChI is InChI=1S/C17H24N2O2/c1-2-6-14(12-7-4-3-5-8-12)18-17(20)19-15-11-13-9-10-16(15)21-13/h3-5,7-8,13-16H,2,6,9-11H2,1H3,(H2,18,19,20)/t13-,14-,15-,16-/m1/s1. The number of hydrogen-bond acceptors (Lipinski definition) is 2. The van der Waals surface area contributed by atoms with E-state index < -0.39 is 0 Å². The van der Waals surface area contributed by atoms with E-state index in [-0.39, 0.29) is 24.2 Å². The number of carbonyl (C=O) groups excluding carboxylic acids is 1. The zero-order valence-electron chi connectivity index (χ0n) is 12.5. The Balaban J connectivity index is 1.56. The van der Waals surface area contributed by atoms with Crippen LogP contribution in [0, 0.1) is 0 Å². The van der Waals surface area contributed by atoms with E-state index in [2.05, 4.69) is 29.7 Å². The molecule has 114 valence electrons. The van der Waals surface area contributed by atoms with Crippen LogP contribution >= 0.6 is 0 Å². The van der Waals surface area contributed by atoms with E-state index in [1.807, 2.05) is 18.2 Å². The molecule has 2 aliphatic heterocycles. The molecule has 2 aliphatic rings. The van der Waals surface area contributed by atoms with E-state index in [1.54, 1.807) is 0 Å². The molecular weight excluding hydrogens is 264 g/mol. The maximum Gasteiger partial charge on any atom is 0.315 e. The highest BCUT2D eigenvalue weighted by atomic mass is 16.5. The molecule has 0 unspecified atom stereocenters. The molecule has 2 bridgehead atoms. The maximum absolute atomic E-state index is 12.3. The second-order valence-electron chi connectivity index (χ2n) is 6.09. The van der Waals surface area contributed by atoms with Gasteiger partial charge in [-0.25, -0.2) is 4.79 Å². The van der Waals surface area contributed by atoms with Gasteiger partial charge in [0.1, 0.15) is 0 Å². The topological polar surface area (TPSA) is 50.4 Å². The predicted octanol–water partition coefficient (Wildman–Crippen LogP) is 3.15. The Kier molecular flexibility index (Phi) is 4.44. The van der Waals surface area contributed by atoms with Crippen LogP contribution in [-0.4, -0.2) is 24.3 Å². The van der Waals surface area contributed by atoms with Crippen molar-refractivity contribution in [3.63, 3.8) is 0 Å². The van der Waals surface area contributed by atoms with Crippen LogP contribution in [0.3, 0.4) is 0 Å². The molecule has 0 aromatic heterocycles. The smallest absolute Gasteiger partial charge is 0.315 e. The summed E-state index contributed by atoms with van der Waals surface area (Å²) in [6.07, 6.45) is 5.76. The molecule has 0 aliphatic carbocycles. The monoisotopic (exact) mass is 288 g/mol. The molecule has 4 atom stereocenters. The Morgan fingerprint density at radius 1 is 1.33 bits per heavy atom. The molecule has 2 fully saturated rings. The third kappa shape index (κ3) is 3.38. The summed E-state index contributed by atoms with van der Waals surface area (Å²) in [6.45, 7) is 2.14. The second kappa shape index (κ2) is 6.48. The Hall–Kier alpha value is -1.55. The van der Waals surface area contributed by atoms with Gasteiger partial charge >= 0.3 is 6.03 Å². The van der Waals surface area contributed by atoms with Gasteiger partial charge in [0.2, 0.25) is 0 Å². The first-order valence-electron chi connectivity index (χ1n) is 8.03. The summed E-state index contributed by atoms with van der Waals surface area (Å²) in [5.41, 5.74) is 1.17. The number of hydrogen-bond donors (Lipinski definition) is 2. The quantitative estimate of drug-likeness (QED) is 0.874. The van der Waals surface area contributed by atoms with Crippen molar-refractivity contribution in [3.05, 3.63) is 35.9 Å². The number of rotatable bonds is 5. The Morgan fingerprint density at radius 3 is 2.76 bits per heavy atom. The Bertz CT molecular complexity index is 477. The van der Waals surface area contributed by atoms with Crippen molar-refractivity contribution in [2.24, 2.45) is 0 Å². The fourth-order valence-corrected chi connectivity index (χ4v) is 3.45. The molecule has 4 heteroatoms. The van der Waals surface area contributed by atoms with Crippen molar-refractivity contribution in [2.45, 2.75) is 63.3 Å². The first-order valence-corrected chi connectivity index (χ1v) is 8.03. The summed E-state index contributed by atoms with van der Waals surface area (Å²) >= 11 is 0. The lowest BCUT2D eigenvalue weighted by Crippen LogP contribution is -2.47. The third-order valence-electron chi connectivity index (χ3n) is 4.51. The van der Waals surface area contributed by atoms with E-state index in [1.165, 1.54) is 5.56 Å². The van der Waals surface area contributed by atoms with Crippen molar-refractivity contribution >= 4 is 6.03 Å². The molecule has 21 heavy (non-hydrogen) atoms. The average Bonchev–Trinajstić information content (AvgIpc) is 3.10. The zero-order chi connectivity index (χ0) is 14.7. The van der Waals surface area contributed by atoms with E-state index in [0.717, 1.165) is 32.1 Å². The van der Waals surface area contributed by atoms with Crippen molar-refractivity contribution in [2.75, 3.05) is 0 Å². The van der Waals surface area contributed by atoms with Crippen LogP contribution < -0.4 is 10.6 Å². The second-order valence-corrected chi connectivity index (χ2v) is 6.09. The molecule has 2 N–H and O–H groups in total. The van der Waals surface area contributed by atoms with E-state index in [4.69, 9.17) is 4.74 Å². The number of urea groups is 1. The lowest BCUT2D eigenvalue weighted by molar-refractivity contribution is 0.0980. The van der Waals surface area contributed by atoms with Gasteiger partial charge in [-0.2, -0.15) is 0 Å². The highest BCUT2D eigenvalue weighted by molar-refractivity contribution is 5.75. The number of nitrogens with one attached hydrogen (secondary N) is 2. The van der Waals surface area contributed by atoms with Gasteiger partial charge in [-0.05, 0) is 31.2 Å². The lowest BCUT2D eigenvalue weighted by Gasteiger charge is -2.23. The molecule has 1 aromatic rings. The molecule has 0 spiro atoms. The summed E-state index contributed by atoms with van der Waals surface area (Å²) < 4.78 is 5.78. The van der Waals surface area contributed by atoms with Crippen LogP contribution in [0.4, 0.5) is 4.79 Å². The van der Waals surface area contributed by atoms with E-state index in [0.29, 0.717) is 6.10 Å². The van der Waals surface area contributed by atoms with Crippen LogP contribution in [0.25, 0.3) is 0 Å². The first-order chi connectivity index (χ1) is 10.3. The summed E-state index contributed by atoms with van der Waals surface area (Å²) in [6, 6.07) is 10.4. The average molecular weight is 288 g/mol. The maximum atomic E-state index is 12.3. The third-order valence-corrected chi connectivity index (χ3v) is 4.51. The van der Waals surface area contributed by atoms with Gasteiger partial charge in [-0.3, -0.25) is 0 Å². The van der Waals surface area contributed by atoms with E-state index in [9.17, 15) is 4.79 Å². The predicted molar refractivity (Wildman–Crippen MR) is 82.1 cm³/mol. The van der Waals surface area contributed by atoms with Crippen LogP contribution in [0.1, 0.15) is 50.6 Å². The Morgan fingerprint density at radius 2 is 2.14 bits per heavy atom. The van der Waals surface area contributed by atoms with Gasteiger partial charge in [0.05, 0.1) is 24.3 Å². The molecule has 2 heterocycles. The molecular formula is C17H24N2O2. The minimum Gasteiger partial charge on any atom is -0.373 e. The van der Waals surface area contributed by atoms with Crippen molar-refractivity contribution in [3.8, 4) is 0 Å². The molecule has 2 saturated heterocycles. The van der Waals surface area contributed by atoms with Gasteiger partial charge in [0.25, 0.3) is 0 Å². The highest BCUT2D eigenvalue weighted by Crippen LogP contribution is 2.34. The molecule has 1 aromatic carbocycles. The fraction of sp³-hybridized carbons (Fsp3) is 0.588. The number of carbonyl (C=O) groups is 1. The fourth-order valence-electron chi connectivity index (χ4n) is 3.45. The van der Waals surface area contributed by atoms with Crippen LogP contribution in [0.5, 0.6) is 0 Å². The van der Waals surface area contributed by atoms with Crippen LogP contribution in [-0.2, 0) is 4.74 Å². The minimum absolute atomic E-state index is 0.0709. The number of benzene rings is 1. The number of fused-ring (bicyclic) bond motifs is 2. The lowest BCUT2D eigenvalue weighted by atomic mass is 9.95. The summed E-state index contributed by atoms with van der Waals surface area (Å²) in [5.74, 6) is 0. The molecule has 0 radical (unpaired) electrons. The van der Waals surface area contributed by atoms with Gasteiger partial charge in [-0.1, -0.05) is 43.7 Å². The normalized spacial score (nSPS) is 28.3. The SMILES string of the molecule is CCC[C@@H](NC(=O)N[C@@H]1C[C@H]2CC[C@H]1O2)c1ccccc1.